The molecule has 2 rings (SSSR count). The third-order valence-electron chi connectivity index (χ3n) is 3.03. The Morgan fingerprint density at radius 1 is 1.56 bits per heavy atom. The lowest BCUT2D eigenvalue weighted by Crippen LogP contribution is -2.27. The van der Waals surface area contributed by atoms with E-state index in [9.17, 15) is 9.59 Å². The molecule has 96 valence electrons. The number of carbonyl (C=O) groups excluding carboxylic acids is 1. The van der Waals surface area contributed by atoms with Crippen LogP contribution in [0.15, 0.2) is 18.2 Å². The third-order valence-corrected chi connectivity index (χ3v) is 3.33. The van der Waals surface area contributed by atoms with Crippen molar-refractivity contribution in [3.8, 4) is 0 Å². The van der Waals surface area contributed by atoms with Crippen LogP contribution in [0.2, 0.25) is 5.02 Å². The average Bonchev–Trinajstić information content (AvgIpc) is 2.70. The number of anilines is 1. The Kier molecular flexibility index (Phi) is 3.54. The Morgan fingerprint density at radius 2 is 2.28 bits per heavy atom. The number of carbonyl (C=O) groups is 2. The van der Waals surface area contributed by atoms with Gasteiger partial charge in [0.15, 0.2) is 0 Å². The van der Waals surface area contributed by atoms with Gasteiger partial charge >= 0.3 is 5.97 Å². The van der Waals surface area contributed by atoms with Crippen LogP contribution in [0.25, 0.3) is 0 Å². The highest BCUT2D eigenvalue weighted by Crippen LogP contribution is 2.34. The molecule has 1 saturated heterocycles. The zero-order valence-corrected chi connectivity index (χ0v) is 10.4. The smallest absolute Gasteiger partial charge is 0.337 e. The highest BCUT2D eigenvalue weighted by Gasteiger charge is 2.33. The van der Waals surface area contributed by atoms with Gasteiger partial charge in [-0.25, -0.2) is 4.79 Å². The topological polar surface area (TPSA) is 83.6 Å². The molecule has 5 nitrogen and oxygen atoms in total. The van der Waals surface area contributed by atoms with Crippen LogP contribution in [-0.2, 0) is 4.79 Å². The van der Waals surface area contributed by atoms with Crippen molar-refractivity contribution in [2.45, 2.75) is 6.42 Å². The maximum absolute atomic E-state index is 11.9. The van der Waals surface area contributed by atoms with Crippen LogP contribution in [-0.4, -0.2) is 30.1 Å². The molecule has 0 aromatic heterocycles. The monoisotopic (exact) mass is 268 g/mol. The lowest BCUT2D eigenvalue weighted by atomic mass is 10.1. The van der Waals surface area contributed by atoms with E-state index in [0.717, 1.165) is 0 Å². The van der Waals surface area contributed by atoms with Crippen LogP contribution >= 0.6 is 11.6 Å². The molecule has 1 atom stereocenters. The molecule has 18 heavy (non-hydrogen) atoms. The van der Waals surface area contributed by atoms with Crippen molar-refractivity contribution in [2.24, 2.45) is 11.7 Å². The van der Waals surface area contributed by atoms with Crippen molar-refractivity contribution in [2.75, 3.05) is 18.0 Å². The summed E-state index contributed by atoms with van der Waals surface area (Å²) < 4.78 is 0. The van der Waals surface area contributed by atoms with Crippen molar-refractivity contribution < 1.29 is 14.7 Å². The fourth-order valence-electron chi connectivity index (χ4n) is 2.12. The number of carboxylic acids is 1. The van der Waals surface area contributed by atoms with E-state index in [1.54, 1.807) is 12.1 Å². The Morgan fingerprint density at radius 3 is 2.83 bits per heavy atom. The van der Waals surface area contributed by atoms with E-state index >= 15 is 0 Å². The predicted octanol–water partition coefficient (Wildman–Crippen LogP) is 1.35. The van der Waals surface area contributed by atoms with E-state index in [4.69, 9.17) is 22.4 Å². The third kappa shape index (κ3) is 2.19. The Hall–Kier alpha value is -1.59. The molecule has 1 aliphatic heterocycles. The molecule has 1 unspecified atom stereocenters. The Labute approximate surface area is 109 Å². The van der Waals surface area contributed by atoms with Gasteiger partial charge in [-0.3, -0.25) is 4.79 Å². The molecule has 1 amide bonds. The summed E-state index contributed by atoms with van der Waals surface area (Å²) in [5, 5.41) is 9.40. The first-order valence-electron chi connectivity index (χ1n) is 5.56. The number of rotatable bonds is 3. The first kappa shape index (κ1) is 12.9. The molecule has 1 aromatic carbocycles. The van der Waals surface area contributed by atoms with Crippen molar-refractivity contribution >= 4 is 29.2 Å². The molecule has 1 aliphatic rings. The standard InChI is InChI=1S/C12H13ClN2O3/c13-9-3-1-2-8(12(17)18)11(9)15-6-7(5-14)4-10(15)16/h1-3,7H,4-6,14H2,(H,17,18). The number of hydrogen-bond acceptors (Lipinski definition) is 3. The van der Waals surface area contributed by atoms with Crippen LogP contribution in [0, 0.1) is 5.92 Å². The van der Waals surface area contributed by atoms with E-state index < -0.39 is 5.97 Å². The second-order valence-electron chi connectivity index (χ2n) is 4.25. The normalized spacial score (nSPS) is 19.3. The van der Waals surface area contributed by atoms with Gasteiger partial charge in [-0.2, -0.15) is 0 Å². The van der Waals surface area contributed by atoms with E-state index in [2.05, 4.69) is 0 Å². The number of carboxylic acid groups (broad SMARTS) is 1. The largest absolute Gasteiger partial charge is 0.478 e. The first-order valence-corrected chi connectivity index (χ1v) is 5.94. The molecular formula is C12H13ClN2O3. The number of halogens is 1. The highest BCUT2D eigenvalue weighted by molar-refractivity contribution is 6.34. The lowest BCUT2D eigenvalue weighted by molar-refractivity contribution is -0.117. The van der Waals surface area contributed by atoms with Crippen molar-refractivity contribution in [1.29, 1.82) is 0 Å². The number of hydrogen-bond donors (Lipinski definition) is 2. The van der Waals surface area contributed by atoms with Gasteiger partial charge in [0.1, 0.15) is 0 Å². The molecule has 6 heteroatoms. The second-order valence-corrected chi connectivity index (χ2v) is 4.66. The highest BCUT2D eigenvalue weighted by atomic mass is 35.5. The fraction of sp³-hybridized carbons (Fsp3) is 0.333. The summed E-state index contributed by atoms with van der Waals surface area (Å²) in [6, 6.07) is 4.56. The zero-order chi connectivity index (χ0) is 13.3. The quantitative estimate of drug-likeness (QED) is 0.867. The molecule has 0 radical (unpaired) electrons. The van der Waals surface area contributed by atoms with E-state index in [-0.39, 0.29) is 28.1 Å². The van der Waals surface area contributed by atoms with Crippen molar-refractivity contribution in [1.82, 2.24) is 0 Å². The number of para-hydroxylation sites is 1. The predicted molar refractivity (Wildman–Crippen MR) is 67.9 cm³/mol. The number of nitrogens with zero attached hydrogens (tertiary/aromatic N) is 1. The van der Waals surface area contributed by atoms with Gasteiger partial charge in [0.2, 0.25) is 5.91 Å². The van der Waals surface area contributed by atoms with Crippen LogP contribution in [0.4, 0.5) is 5.69 Å². The van der Waals surface area contributed by atoms with Gasteiger partial charge in [-0.1, -0.05) is 17.7 Å². The van der Waals surface area contributed by atoms with Crippen LogP contribution in [0.3, 0.4) is 0 Å². The van der Waals surface area contributed by atoms with Gasteiger partial charge in [-0.15, -0.1) is 0 Å². The summed E-state index contributed by atoms with van der Waals surface area (Å²) in [5.41, 5.74) is 5.85. The Balaban J connectivity index is 2.45. The van der Waals surface area contributed by atoms with Gasteiger partial charge in [0.25, 0.3) is 0 Å². The molecule has 0 bridgehead atoms. The fourth-order valence-corrected chi connectivity index (χ4v) is 2.39. The van der Waals surface area contributed by atoms with Gasteiger partial charge in [-0.05, 0) is 24.6 Å². The Bertz CT molecular complexity index is 504. The summed E-state index contributed by atoms with van der Waals surface area (Å²) in [7, 11) is 0. The summed E-state index contributed by atoms with van der Waals surface area (Å²) in [6.45, 7) is 0.814. The SMILES string of the molecule is NCC1CC(=O)N(c2c(Cl)cccc2C(=O)O)C1. The minimum absolute atomic E-state index is 0.0357. The molecular weight excluding hydrogens is 256 g/mol. The second kappa shape index (κ2) is 4.96. The molecule has 1 aromatic rings. The summed E-state index contributed by atoms with van der Waals surface area (Å²) in [4.78, 5) is 24.5. The maximum atomic E-state index is 11.9. The van der Waals surface area contributed by atoms with Crippen molar-refractivity contribution in [3.63, 3.8) is 0 Å². The van der Waals surface area contributed by atoms with Crippen LogP contribution in [0.5, 0.6) is 0 Å². The minimum Gasteiger partial charge on any atom is -0.478 e. The molecule has 1 fully saturated rings. The van der Waals surface area contributed by atoms with Gasteiger partial charge in [0, 0.05) is 13.0 Å². The van der Waals surface area contributed by atoms with Gasteiger partial charge < -0.3 is 15.7 Å². The molecule has 3 N–H and O–H groups in total. The van der Waals surface area contributed by atoms with Crippen molar-refractivity contribution in [3.05, 3.63) is 28.8 Å². The number of amides is 1. The van der Waals surface area contributed by atoms with Crippen LogP contribution in [0.1, 0.15) is 16.8 Å². The minimum atomic E-state index is -1.10. The number of aromatic carboxylic acids is 1. The zero-order valence-electron chi connectivity index (χ0n) is 9.60. The average molecular weight is 269 g/mol. The number of benzene rings is 1. The molecule has 0 aliphatic carbocycles. The summed E-state index contributed by atoms with van der Waals surface area (Å²) >= 11 is 6.02. The van der Waals surface area contributed by atoms with Crippen LogP contribution < -0.4 is 10.6 Å². The summed E-state index contributed by atoms with van der Waals surface area (Å²) in [6.07, 6.45) is 0.334. The van der Waals surface area contributed by atoms with E-state index in [0.29, 0.717) is 19.5 Å². The summed E-state index contributed by atoms with van der Waals surface area (Å²) in [5.74, 6) is -1.19. The van der Waals surface area contributed by atoms with E-state index in [1.165, 1.54) is 11.0 Å². The van der Waals surface area contributed by atoms with Gasteiger partial charge in [0.05, 0.1) is 16.3 Å². The number of nitrogens with two attached hydrogens (primary N) is 1. The maximum Gasteiger partial charge on any atom is 0.337 e. The first-order chi connectivity index (χ1) is 8.54. The molecule has 0 spiro atoms. The lowest BCUT2D eigenvalue weighted by Gasteiger charge is -2.20. The molecule has 1 heterocycles. The molecule has 0 saturated carbocycles. The van der Waals surface area contributed by atoms with E-state index in [1.807, 2.05) is 0 Å².